The molecule has 0 atom stereocenters. The molecule has 1 rings (SSSR count). The van der Waals surface area contributed by atoms with Crippen LogP contribution in [0.25, 0.3) is 0 Å². The van der Waals surface area contributed by atoms with Crippen LogP contribution in [0.5, 0.6) is 5.75 Å². The van der Waals surface area contributed by atoms with Gasteiger partial charge in [-0.3, -0.25) is 0 Å². The molecule has 3 nitrogen and oxygen atoms in total. The molecule has 0 amide bonds. The molecule has 0 bridgehead atoms. The van der Waals surface area contributed by atoms with Crippen molar-refractivity contribution >= 4 is 35.7 Å². The summed E-state index contributed by atoms with van der Waals surface area (Å²) in [5.41, 5.74) is 0.746. The van der Waals surface area contributed by atoms with Crippen LogP contribution < -0.4 is 4.74 Å². The Morgan fingerprint density at radius 1 is 1.33 bits per heavy atom. The first-order valence-corrected chi connectivity index (χ1v) is 8.81. The number of halogens is 2. The number of hydrogen-bond donors (Lipinski definition) is 0. The first kappa shape index (κ1) is 15.8. The van der Waals surface area contributed by atoms with E-state index in [1.165, 1.54) is 6.07 Å². The van der Waals surface area contributed by atoms with Crippen LogP contribution in [-0.2, 0) is 9.05 Å². The van der Waals surface area contributed by atoms with Gasteiger partial charge >= 0.3 is 0 Å². The molecule has 0 aliphatic carbocycles. The Balaban J connectivity index is 3.33. The van der Waals surface area contributed by atoms with E-state index in [1.54, 1.807) is 6.92 Å². The lowest BCUT2D eigenvalue weighted by Crippen LogP contribution is -2.16. The Bertz CT molecular complexity index is 524. The summed E-state index contributed by atoms with van der Waals surface area (Å²) in [5, 5.41) is 0. The van der Waals surface area contributed by atoms with Crippen LogP contribution in [0, 0.1) is 6.92 Å². The summed E-state index contributed by atoms with van der Waals surface area (Å²) in [5.74, 6) is 0.349. The van der Waals surface area contributed by atoms with Gasteiger partial charge in [0.05, 0.1) is 6.10 Å². The van der Waals surface area contributed by atoms with Gasteiger partial charge in [-0.2, -0.15) is 0 Å². The van der Waals surface area contributed by atoms with Gasteiger partial charge in [0.2, 0.25) is 0 Å². The molecule has 0 saturated heterocycles. The molecule has 0 saturated carbocycles. The molecule has 102 valence electrons. The summed E-state index contributed by atoms with van der Waals surface area (Å²) in [6.07, 6.45) is 1.61. The van der Waals surface area contributed by atoms with Crippen LogP contribution in [0.3, 0.4) is 0 Å². The van der Waals surface area contributed by atoms with E-state index in [4.69, 9.17) is 15.4 Å². The van der Waals surface area contributed by atoms with Crippen molar-refractivity contribution in [3.63, 3.8) is 0 Å². The second-order valence-electron chi connectivity index (χ2n) is 4.04. The lowest BCUT2D eigenvalue weighted by Gasteiger charge is -2.19. The van der Waals surface area contributed by atoms with Crippen molar-refractivity contribution in [1.82, 2.24) is 0 Å². The molecule has 0 heterocycles. The smallest absolute Gasteiger partial charge is 0.265 e. The van der Waals surface area contributed by atoms with E-state index >= 15 is 0 Å². The van der Waals surface area contributed by atoms with Crippen molar-refractivity contribution in [3.05, 3.63) is 22.2 Å². The summed E-state index contributed by atoms with van der Waals surface area (Å²) >= 11 is 3.26. The monoisotopic (exact) mass is 354 g/mol. The third kappa shape index (κ3) is 3.87. The summed E-state index contributed by atoms with van der Waals surface area (Å²) in [4.78, 5) is 0.0166. The van der Waals surface area contributed by atoms with Gasteiger partial charge in [0.25, 0.3) is 9.05 Å². The van der Waals surface area contributed by atoms with Crippen LogP contribution in [0.4, 0.5) is 0 Å². The Labute approximate surface area is 121 Å². The van der Waals surface area contributed by atoms with Gasteiger partial charge in [-0.15, -0.1) is 0 Å². The van der Waals surface area contributed by atoms with Gasteiger partial charge < -0.3 is 4.74 Å². The van der Waals surface area contributed by atoms with Crippen LogP contribution in [0.2, 0.25) is 0 Å². The molecular weight excluding hydrogens is 340 g/mol. The average Bonchev–Trinajstić information content (AvgIpc) is 2.26. The topological polar surface area (TPSA) is 43.4 Å². The molecule has 0 radical (unpaired) electrons. The molecule has 0 aliphatic rings. The second-order valence-corrected chi connectivity index (χ2v) is 7.49. The van der Waals surface area contributed by atoms with E-state index in [0.717, 1.165) is 18.4 Å². The average molecular weight is 356 g/mol. The minimum Gasteiger partial charge on any atom is -0.489 e. The van der Waals surface area contributed by atoms with Crippen molar-refractivity contribution in [2.75, 3.05) is 0 Å². The molecule has 0 spiro atoms. The van der Waals surface area contributed by atoms with Crippen molar-refractivity contribution in [3.8, 4) is 5.75 Å². The summed E-state index contributed by atoms with van der Waals surface area (Å²) in [6.45, 7) is 5.79. The van der Waals surface area contributed by atoms with E-state index in [0.29, 0.717) is 10.2 Å². The van der Waals surface area contributed by atoms with Crippen LogP contribution in [-0.4, -0.2) is 14.5 Å². The maximum atomic E-state index is 11.6. The predicted octanol–water partition coefficient (Wildman–Crippen LogP) is 4.25. The number of ether oxygens (including phenoxy) is 1. The van der Waals surface area contributed by atoms with E-state index in [1.807, 2.05) is 19.9 Å². The zero-order chi connectivity index (χ0) is 13.9. The van der Waals surface area contributed by atoms with Crippen molar-refractivity contribution in [2.45, 2.75) is 44.6 Å². The maximum absolute atomic E-state index is 11.6. The van der Waals surface area contributed by atoms with E-state index in [9.17, 15) is 8.42 Å². The third-order valence-electron chi connectivity index (χ3n) is 2.66. The van der Waals surface area contributed by atoms with Crippen LogP contribution in [0.1, 0.15) is 32.3 Å². The first-order valence-electron chi connectivity index (χ1n) is 5.71. The number of rotatable bonds is 5. The lowest BCUT2D eigenvalue weighted by atomic mass is 10.2. The van der Waals surface area contributed by atoms with E-state index in [-0.39, 0.29) is 11.0 Å². The molecule has 1 aromatic rings. The van der Waals surface area contributed by atoms with Crippen LogP contribution >= 0.6 is 26.6 Å². The van der Waals surface area contributed by atoms with Gasteiger partial charge in [-0.1, -0.05) is 29.8 Å². The minimum atomic E-state index is -3.82. The normalized spacial score (nSPS) is 11.9. The van der Waals surface area contributed by atoms with Gasteiger partial charge in [-0.05, 0) is 37.5 Å². The predicted molar refractivity (Wildman–Crippen MR) is 76.9 cm³/mol. The fraction of sp³-hybridized carbons (Fsp3) is 0.500. The molecule has 0 N–H and O–H groups in total. The standard InChI is InChI=1S/C12H16BrClO3S/c1-4-10(5-2)17-12-8(3)6-9(13)7-11(12)18(14,15)16/h6-7,10H,4-5H2,1-3H3. The van der Waals surface area contributed by atoms with Gasteiger partial charge in [0.15, 0.2) is 0 Å². The van der Waals surface area contributed by atoms with E-state index in [2.05, 4.69) is 15.9 Å². The second kappa shape index (κ2) is 6.26. The first-order chi connectivity index (χ1) is 8.29. The van der Waals surface area contributed by atoms with Gasteiger partial charge in [0.1, 0.15) is 10.6 Å². The minimum absolute atomic E-state index is 0.0120. The Morgan fingerprint density at radius 2 is 1.89 bits per heavy atom. The lowest BCUT2D eigenvalue weighted by molar-refractivity contribution is 0.186. The molecule has 1 aromatic carbocycles. The van der Waals surface area contributed by atoms with Crippen molar-refractivity contribution in [2.24, 2.45) is 0 Å². The van der Waals surface area contributed by atoms with Gasteiger partial charge in [-0.25, -0.2) is 8.42 Å². The highest BCUT2D eigenvalue weighted by Gasteiger charge is 2.21. The highest BCUT2D eigenvalue weighted by Crippen LogP contribution is 2.34. The summed E-state index contributed by atoms with van der Waals surface area (Å²) in [6, 6.07) is 3.27. The van der Waals surface area contributed by atoms with Gasteiger partial charge in [0, 0.05) is 15.2 Å². The number of aryl methyl sites for hydroxylation is 1. The Hall–Kier alpha value is -0.260. The summed E-state index contributed by atoms with van der Waals surface area (Å²) < 4.78 is 29.6. The highest BCUT2D eigenvalue weighted by molar-refractivity contribution is 9.10. The van der Waals surface area contributed by atoms with Crippen molar-refractivity contribution in [1.29, 1.82) is 0 Å². The molecule has 6 heteroatoms. The molecule has 0 aliphatic heterocycles. The zero-order valence-corrected chi connectivity index (χ0v) is 13.7. The number of hydrogen-bond acceptors (Lipinski definition) is 3. The molecule has 0 fully saturated rings. The molecule has 0 aromatic heterocycles. The van der Waals surface area contributed by atoms with Crippen molar-refractivity contribution < 1.29 is 13.2 Å². The quantitative estimate of drug-likeness (QED) is 0.741. The molecule has 0 unspecified atom stereocenters. The van der Waals surface area contributed by atoms with Crippen LogP contribution in [0.15, 0.2) is 21.5 Å². The fourth-order valence-corrected chi connectivity index (χ4v) is 3.42. The highest BCUT2D eigenvalue weighted by atomic mass is 79.9. The third-order valence-corrected chi connectivity index (χ3v) is 4.45. The molecule has 18 heavy (non-hydrogen) atoms. The largest absolute Gasteiger partial charge is 0.489 e. The number of benzene rings is 1. The maximum Gasteiger partial charge on any atom is 0.265 e. The Kier molecular flexibility index (Phi) is 5.49. The summed E-state index contributed by atoms with van der Waals surface area (Å²) in [7, 11) is 1.63. The van der Waals surface area contributed by atoms with E-state index < -0.39 is 9.05 Å². The Morgan fingerprint density at radius 3 is 2.33 bits per heavy atom. The zero-order valence-electron chi connectivity index (χ0n) is 10.5. The fourth-order valence-electron chi connectivity index (χ4n) is 1.65. The molecular formula is C12H16BrClO3S. The SMILES string of the molecule is CCC(CC)Oc1c(C)cc(Br)cc1S(=O)(=O)Cl.